The molecule has 2 heterocycles. The number of nitrogens with zero attached hydrogens (tertiary/aromatic N) is 3. The maximum atomic E-state index is 13.0. The number of hydrogen-bond donors (Lipinski definition) is 0. The summed E-state index contributed by atoms with van der Waals surface area (Å²) in [5.41, 5.74) is 1.09. The van der Waals surface area contributed by atoms with Crippen LogP contribution in [0.5, 0.6) is 0 Å². The number of carbonyl (C=O) groups is 1. The fourth-order valence-electron chi connectivity index (χ4n) is 3.32. The van der Waals surface area contributed by atoms with Gasteiger partial charge < -0.3 is 9.42 Å². The summed E-state index contributed by atoms with van der Waals surface area (Å²) in [6.45, 7) is 5.37. The molecule has 1 saturated heterocycles. The van der Waals surface area contributed by atoms with E-state index >= 15 is 0 Å². The molecule has 1 aliphatic rings. The van der Waals surface area contributed by atoms with Gasteiger partial charge in [-0.1, -0.05) is 42.4 Å². The molecule has 0 bridgehead atoms. The third-order valence-corrected chi connectivity index (χ3v) is 4.53. The summed E-state index contributed by atoms with van der Waals surface area (Å²) in [5.74, 6) is 1.60. The molecular formula is C18H23N3O2. The standard InChI is InChI=1S/C18H23N3O2/c1-3-16(14-8-5-4-6-9-14)18(22)21-11-7-10-15(12-21)17-19-13(2)20-23-17/h4-6,8-9,15-16H,3,7,10-12H2,1-2H3/t15-,16+/m0/s1. The second kappa shape index (κ2) is 6.94. The van der Waals surface area contributed by atoms with Crippen LogP contribution in [-0.2, 0) is 4.79 Å². The summed E-state index contributed by atoms with van der Waals surface area (Å²) in [6, 6.07) is 10.0. The number of carbonyl (C=O) groups excluding carboxylic acids is 1. The maximum Gasteiger partial charge on any atom is 0.231 e. The molecule has 3 rings (SSSR count). The molecule has 0 spiro atoms. The first-order chi connectivity index (χ1) is 11.2. The largest absolute Gasteiger partial charge is 0.341 e. The summed E-state index contributed by atoms with van der Waals surface area (Å²) in [6.07, 6.45) is 2.78. The lowest BCUT2D eigenvalue weighted by Gasteiger charge is -2.33. The van der Waals surface area contributed by atoms with Gasteiger partial charge in [-0.3, -0.25) is 4.79 Å². The highest BCUT2D eigenvalue weighted by Gasteiger charge is 2.31. The molecule has 5 nitrogen and oxygen atoms in total. The van der Waals surface area contributed by atoms with Crippen LogP contribution in [0.15, 0.2) is 34.9 Å². The van der Waals surface area contributed by atoms with Gasteiger partial charge in [0.15, 0.2) is 5.82 Å². The van der Waals surface area contributed by atoms with E-state index in [-0.39, 0.29) is 17.7 Å². The summed E-state index contributed by atoms with van der Waals surface area (Å²) in [4.78, 5) is 19.3. The first-order valence-corrected chi connectivity index (χ1v) is 8.33. The molecule has 23 heavy (non-hydrogen) atoms. The maximum absolute atomic E-state index is 13.0. The van der Waals surface area contributed by atoms with Crippen molar-refractivity contribution in [2.45, 2.75) is 44.9 Å². The van der Waals surface area contributed by atoms with E-state index in [2.05, 4.69) is 17.1 Å². The Morgan fingerprint density at radius 3 is 2.83 bits per heavy atom. The van der Waals surface area contributed by atoms with Crippen molar-refractivity contribution in [1.29, 1.82) is 0 Å². The molecule has 1 amide bonds. The minimum atomic E-state index is -0.0700. The molecular weight excluding hydrogens is 290 g/mol. The fraction of sp³-hybridized carbons (Fsp3) is 0.500. The lowest BCUT2D eigenvalue weighted by molar-refractivity contribution is -0.134. The van der Waals surface area contributed by atoms with Crippen molar-refractivity contribution in [1.82, 2.24) is 15.0 Å². The van der Waals surface area contributed by atoms with Gasteiger partial charge in [-0.15, -0.1) is 0 Å². The van der Waals surface area contributed by atoms with E-state index in [1.54, 1.807) is 0 Å². The van der Waals surface area contributed by atoms with Crippen LogP contribution in [-0.4, -0.2) is 34.0 Å². The number of hydrogen-bond acceptors (Lipinski definition) is 4. The van der Waals surface area contributed by atoms with Gasteiger partial charge in [0.05, 0.1) is 11.8 Å². The lowest BCUT2D eigenvalue weighted by Crippen LogP contribution is -2.41. The van der Waals surface area contributed by atoms with Crippen LogP contribution in [0, 0.1) is 6.92 Å². The van der Waals surface area contributed by atoms with Crippen LogP contribution in [0.3, 0.4) is 0 Å². The Balaban J connectivity index is 1.73. The van der Waals surface area contributed by atoms with Crippen LogP contribution in [0.2, 0.25) is 0 Å². The van der Waals surface area contributed by atoms with Crippen molar-refractivity contribution in [3.8, 4) is 0 Å². The summed E-state index contributed by atoms with van der Waals surface area (Å²) in [5, 5.41) is 3.87. The number of rotatable bonds is 4. The van der Waals surface area contributed by atoms with E-state index in [4.69, 9.17) is 4.52 Å². The zero-order valence-corrected chi connectivity index (χ0v) is 13.7. The normalized spacial score (nSPS) is 19.6. The van der Waals surface area contributed by atoms with Gasteiger partial charge in [-0.05, 0) is 31.7 Å². The van der Waals surface area contributed by atoms with Crippen molar-refractivity contribution in [3.63, 3.8) is 0 Å². The lowest BCUT2D eigenvalue weighted by atomic mass is 9.92. The zero-order valence-electron chi connectivity index (χ0n) is 13.7. The third-order valence-electron chi connectivity index (χ3n) is 4.53. The topological polar surface area (TPSA) is 59.2 Å². The van der Waals surface area contributed by atoms with E-state index in [1.165, 1.54) is 0 Å². The predicted octanol–water partition coefficient (Wildman–Crippen LogP) is 3.28. The van der Waals surface area contributed by atoms with Gasteiger partial charge in [0.1, 0.15) is 0 Å². The van der Waals surface area contributed by atoms with E-state index in [9.17, 15) is 4.79 Å². The van der Waals surface area contributed by atoms with Gasteiger partial charge in [0, 0.05) is 13.1 Å². The van der Waals surface area contributed by atoms with Crippen molar-refractivity contribution in [2.24, 2.45) is 0 Å². The van der Waals surface area contributed by atoms with Crippen molar-refractivity contribution in [3.05, 3.63) is 47.6 Å². The average molecular weight is 313 g/mol. The molecule has 2 aromatic rings. The second-order valence-electron chi connectivity index (χ2n) is 6.17. The van der Waals surface area contributed by atoms with Gasteiger partial charge >= 0.3 is 0 Å². The molecule has 1 aliphatic heterocycles. The van der Waals surface area contributed by atoms with Crippen molar-refractivity contribution >= 4 is 5.91 Å². The van der Waals surface area contributed by atoms with Gasteiger partial charge in [-0.2, -0.15) is 4.98 Å². The second-order valence-corrected chi connectivity index (χ2v) is 6.17. The quantitative estimate of drug-likeness (QED) is 0.869. The molecule has 0 aliphatic carbocycles. The van der Waals surface area contributed by atoms with Crippen LogP contribution >= 0.6 is 0 Å². The Bertz CT molecular complexity index is 653. The molecule has 1 fully saturated rings. The molecule has 0 radical (unpaired) electrons. The van der Waals surface area contributed by atoms with Gasteiger partial charge in [-0.25, -0.2) is 0 Å². The average Bonchev–Trinajstić information content (AvgIpc) is 3.03. The Morgan fingerprint density at radius 2 is 2.17 bits per heavy atom. The Labute approximate surface area is 136 Å². The fourth-order valence-corrected chi connectivity index (χ4v) is 3.32. The summed E-state index contributed by atoms with van der Waals surface area (Å²) in [7, 11) is 0. The molecule has 1 aromatic heterocycles. The minimum Gasteiger partial charge on any atom is -0.341 e. The molecule has 122 valence electrons. The SMILES string of the molecule is CC[C@@H](C(=O)N1CCC[C@H](c2nc(C)no2)C1)c1ccccc1. The number of aryl methyl sites for hydroxylation is 1. The highest BCUT2D eigenvalue weighted by molar-refractivity contribution is 5.83. The molecule has 1 aromatic carbocycles. The van der Waals surface area contributed by atoms with E-state index in [1.807, 2.05) is 42.2 Å². The summed E-state index contributed by atoms with van der Waals surface area (Å²) < 4.78 is 5.30. The predicted molar refractivity (Wildman–Crippen MR) is 87.1 cm³/mol. The van der Waals surface area contributed by atoms with Crippen LogP contribution in [0.25, 0.3) is 0 Å². The Hall–Kier alpha value is -2.17. The monoisotopic (exact) mass is 313 g/mol. The first kappa shape index (κ1) is 15.7. The highest BCUT2D eigenvalue weighted by Crippen LogP contribution is 2.29. The Morgan fingerprint density at radius 1 is 1.39 bits per heavy atom. The Kier molecular flexibility index (Phi) is 4.74. The van der Waals surface area contributed by atoms with Crippen LogP contribution in [0.1, 0.15) is 55.3 Å². The van der Waals surface area contributed by atoms with Gasteiger partial charge in [0.25, 0.3) is 0 Å². The molecule has 0 N–H and O–H groups in total. The molecule has 2 atom stereocenters. The number of amides is 1. The number of piperidine rings is 1. The third kappa shape index (κ3) is 3.44. The van der Waals surface area contributed by atoms with Crippen molar-refractivity contribution < 1.29 is 9.32 Å². The smallest absolute Gasteiger partial charge is 0.231 e. The molecule has 5 heteroatoms. The van der Waals surface area contributed by atoms with Crippen LogP contribution in [0.4, 0.5) is 0 Å². The molecule has 0 unspecified atom stereocenters. The van der Waals surface area contributed by atoms with Gasteiger partial charge in [0.2, 0.25) is 11.8 Å². The first-order valence-electron chi connectivity index (χ1n) is 8.33. The summed E-state index contributed by atoms with van der Waals surface area (Å²) >= 11 is 0. The van der Waals surface area contributed by atoms with Crippen molar-refractivity contribution in [2.75, 3.05) is 13.1 Å². The highest BCUT2D eigenvalue weighted by atomic mass is 16.5. The van der Waals surface area contributed by atoms with E-state index in [0.29, 0.717) is 18.3 Å². The zero-order chi connectivity index (χ0) is 16.2. The minimum absolute atomic E-state index is 0.0700. The van der Waals surface area contributed by atoms with Crippen LogP contribution < -0.4 is 0 Å². The van der Waals surface area contributed by atoms with E-state index in [0.717, 1.165) is 31.4 Å². The number of benzene rings is 1. The number of likely N-dealkylation sites (tertiary alicyclic amines) is 1. The molecule has 0 saturated carbocycles. The number of aromatic nitrogens is 2. The van der Waals surface area contributed by atoms with E-state index < -0.39 is 0 Å².